The topological polar surface area (TPSA) is 71.6 Å². The number of nitrogens with zero attached hydrogens (tertiary/aromatic N) is 4. The summed E-state index contributed by atoms with van der Waals surface area (Å²) in [7, 11) is 0. The number of para-hydroxylation sites is 1. The van der Waals surface area contributed by atoms with Crippen LogP contribution in [0.1, 0.15) is 31.4 Å². The van der Waals surface area contributed by atoms with E-state index in [4.69, 9.17) is 6.42 Å². The highest BCUT2D eigenvalue weighted by molar-refractivity contribution is 5.76. The van der Waals surface area contributed by atoms with Gasteiger partial charge >= 0.3 is 0 Å². The highest BCUT2D eigenvalue weighted by atomic mass is 16.1. The standard InChI is InChI=1S/C19H21N5O/c1-2-3-12-19(22-23-19)13-9-18(25)20-14-10-17-11-15-21-24(17)16-7-5-4-6-8-16/h1,4-8,11,15H,3,9-10,12-14H2,(H,20,25). The van der Waals surface area contributed by atoms with Crippen molar-refractivity contribution in [3.63, 3.8) is 0 Å². The Morgan fingerprint density at radius 1 is 1.20 bits per heavy atom. The van der Waals surface area contributed by atoms with Crippen LogP contribution >= 0.6 is 0 Å². The third kappa shape index (κ3) is 4.54. The lowest BCUT2D eigenvalue weighted by Crippen LogP contribution is -2.27. The molecule has 0 atom stereocenters. The molecule has 1 aliphatic heterocycles. The third-order valence-electron chi connectivity index (χ3n) is 4.23. The summed E-state index contributed by atoms with van der Waals surface area (Å²) in [6, 6.07) is 11.9. The predicted molar refractivity (Wildman–Crippen MR) is 95.2 cm³/mol. The van der Waals surface area contributed by atoms with Crippen molar-refractivity contribution in [2.75, 3.05) is 6.54 Å². The van der Waals surface area contributed by atoms with Gasteiger partial charge in [0.1, 0.15) is 0 Å². The van der Waals surface area contributed by atoms with Crippen LogP contribution in [0.3, 0.4) is 0 Å². The van der Waals surface area contributed by atoms with Crippen LogP contribution in [0.2, 0.25) is 0 Å². The average Bonchev–Trinajstić information content (AvgIpc) is 3.27. The van der Waals surface area contributed by atoms with Crippen molar-refractivity contribution in [2.24, 2.45) is 10.2 Å². The Kier molecular flexibility index (Phi) is 5.24. The van der Waals surface area contributed by atoms with Crippen molar-refractivity contribution in [3.05, 3.63) is 48.3 Å². The summed E-state index contributed by atoms with van der Waals surface area (Å²) in [6.07, 6.45) is 10.2. The first-order chi connectivity index (χ1) is 12.2. The summed E-state index contributed by atoms with van der Waals surface area (Å²) in [5.74, 6) is 2.61. The van der Waals surface area contributed by atoms with Crippen LogP contribution in [0.5, 0.6) is 0 Å². The highest BCUT2D eigenvalue weighted by Crippen LogP contribution is 2.37. The SMILES string of the molecule is C#CCCC1(CCC(=O)NCCc2ccnn2-c2ccccc2)N=N1. The predicted octanol–water partition coefficient (Wildman–Crippen LogP) is 2.89. The molecule has 6 heteroatoms. The van der Waals surface area contributed by atoms with Gasteiger partial charge in [-0.15, -0.1) is 12.3 Å². The smallest absolute Gasteiger partial charge is 0.220 e. The van der Waals surface area contributed by atoms with Crippen molar-refractivity contribution < 1.29 is 4.79 Å². The lowest BCUT2D eigenvalue weighted by Gasteiger charge is -2.10. The molecule has 0 bridgehead atoms. The van der Waals surface area contributed by atoms with Gasteiger partial charge in [-0.1, -0.05) is 18.2 Å². The lowest BCUT2D eigenvalue weighted by molar-refractivity contribution is -0.121. The van der Waals surface area contributed by atoms with E-state index in [0.717, 1.165) is 24.2 Å². The number of nitrogens with one attached hydrogen (secondary N) is 1. The van der Waals surface area contributed by atoms with Gasteiger partial charge in [0.15, 0.2) is 5.66 Å². The number of carbonyl (C=O) groups is 1. The molecule has 25 heavy (non-hydrogen) atoms. The van der Waals surface area contributed by atoms with Crippen LogP contribution < -0.4 is 5.32 Å². The largest absolute Gasteiger partial charge is 0.356 e. The van der Waals surface area contributed by atoms with Crippen molar-refractivity contribution >= 4 is 5.91 Å². The highest BCUT2D eigenvalue weighted by Gasteiger charge is 2.39. The number of hydrogen-bond donors (Lipinski definition) is 1. The maximum absolute atomic E-state index is 12.0. The maximum Gasteiger partial charge on any atom is 0.220 e. The van der Waals surface area contributed by atoms with Gasteiger partial charge in [0.25, 0.3) is 0 Å². The fourth-order valence-electron chi connectivity index (χ4n) is 2.72. The van der Waals surface area contributed by atoms with Gasteiger partial charge in [0, 0.05) is 50.5 Å². The van der Waals surface area contributed by atoms with E-state index in [1.54, 1.807) is 6.20 Å². The zero-order chi connectivity index (χ0) is 17.5. The summed E-state index contributed by atoms with van der Waals surface area (Å²) in [5.41, 5.74) is 1.68. The van der Waals surface area contributed by atoms with Crippen molar-refractivity contribution in [1.82, 2.24) is 15.1 Å². The Balaban J connectivity index is 1.42. The molecule has 0 fully saturated rings. The summed E-state index contributed by atoms with van der Waals surface area (Å²) in [4.78, 5) is 12.0. The number of benzene rings is 1. The number of hydrogen-bond acceptors (Lipinski definition) is 4. The normalized spacial score (nSPS) is 14.0. The lowest BCUT2D eigenvalue weighted by atomic mass is 10.0. The molecule has 1 aromatic heterocycles. The Morgan fingerprint density at radius 3 is 2.72 bits per heavy atom. The van der Waals surface area contributed by atoms with Gasteiger partial charge in [-0.05, 0) is 18.2 Å². The molecular weight excluding hydrogens is 314 g/mol. The molecule has 6 nitrogen and oxygen atoms in total. The number of aromatic nitrogens is 2. The number of terminal acetylenes is 1. The van der Waals surface area contributed by atoms with E-state index in [1.807, 2.05) is 41.1 Å². The van der Waals surface area contributed by atoms with E-state index in [1.165, 1.54) is 0 Å². The van der Waals surface area contributed by atoms with Crippen LogP contribution in [-0.2, 0) is 11.2 Å². The molecular formula is C19H21N5O. The van der Waals surface area contributed by atoms with Crippen molar-refractivity contribution in [1.29, 1.82) is 0 Å². The first kappa shape index (κ1) is 16.9. The van der Waals surface area contributed by atoms with E-state index < -0.39 is 5.66 Å². The third-order valence-corrected chi connectivity index (χ3v) is 4.23. The zero-order valence-corrected chi connectivity index (χ0v) is 14.1. The van der Waals surface area contributed by atoms with Crippen LogP contribution in [0.4, 0.5) is 0 Å². The first-order valence-electron chi connectivity index (χ1n) is 8.45. The molecule has 0 saturated carbocycles. The Hall–Kier alpha value is -2.94. The quantitative estimate of drug-likeness (QED) is 0.716. The summed E-state index contributed by atoms with van der Waals surface area (Å²) in [5, 5.41) is 15.4. The molecule has 1 aromatic carbocycles. The Morgan fingerprint density at radius 2 is 2.00 bits per heavy atom. The number of rotatable bonds is 9. The van der Waals surface area contributed by atoms with Gasteiger partial charge < -0.3 is 5.32 Å². The van der Waals surface area contributed by atoms with E-state index in [9.17, 15) is 4.79 Å². The van der Waals surface area contributed by atoms with E-state index in [-0.39, 0.29) is 5.91 Å². The summed E-state index contributed by atoms with van der Waals surface area (Å²) >= 11 is 0. The summed E-state index contributed by atoms with van der Waals surface area (Å²) in [6.45, 7) is 0.572. The van der Waals surface area contributed by atoms with Crippen LogP contribution in [-0.4, -0.2) is 27.9 Å². The average molecular weight is 335 g/mol. The molecule has 1 N–H and O–H groups in total. The fourth-order valence-corrected chi connectivity index (χ4v) is 2.72. The second-order valence-corrected chi connectivity index (χ2v) is 6.06. The van der Waals surface area contributed by atoms with Gasteiger partial charge in [0.2, 0.25) is 5.91 Å². The molecule has 0 saturated heterocycles. The van der Waals surface area contributed by atoms with Crippen LogP contribution in [0, 0.1) is 12.3 Å². The fraction of sp³-hybridized carbons (Fsp3) is 0.368. The molecule has 128 valence electrons. The number of amides is 1. The van der Waals surface area contributed by atoms with Gasteiger partial charge in [-0.3, -0.25) is 4.79 Å². The second-order valence-electron chi connectivity index (χ2n) is 6.06. The minimum Gasteiger partial charge on any atom is -0.356 e. The Labute approximate surface area is 147 Å². The van der Waals surface area contributed by atoms with Gasteiger partial charge in [0.05, 0.1) is 5.69 Å². The molecule has 2 aromatic rings. The maximum atomic E-state index is 12.0. The van der Waals surface area contributed by atoms with Gasteiger partial charge in [-0.25, -0.2) is 4.68 Å². The van der Waals surface area contributed by atoms with Gasteiger partial charge in [-0.2, -0.15) is 15.3 Å². The zero-order valence-electron chi connectivity index (χ0n) is 14.1. The molecule has 0 spiro atoms. The minimum atomic E-state index is -0.393. The van der Waals surface area contributed by atoms with E-state index in [2.05, 4.69) is 26.6 Å². The molecule has 0 unspecified atom stereocenters. The molecule has 2 heterocycles. The van der Waals surface area contributed by atoms with Crippen LogP contribution in [0.15, 0.2) is 52.8 Å². The Bertz CT molecular complexity index is 782. The minimum absolute atomic E-state index is 0.0168. The second kappa shape index (κ2) is 7.75. The molecule has 3 rings (SSSR count). The summed E-state index contributed by atoms with van der Waals surface area (Å²) < 4.78 is 1.89. The molecule has 0 aliphatic carbocycles. The van der Waals surface area contributed by atoms with E-state index in [0.29, 0.717) is 25.8 Å². The molecule has 1 amide bonds. The van der Waals surface area contributed by atoms with Crippen molar-refractivity contribution in [2.45, 2.75) is 37.8 Å². The van der Waals surface area contributed by atoms with Crippen LogP contribution in [0.25, 0.3) is 5.69 Å². The van der Waals surface area contributed by atoms with Crippen molar-refractivity contribution in [3.8, 4) is 18.0 Å². The molecule has 0 radical (unpaired) electrons. The first-order valence-corrected chi connectivity index (χ1v) is 8.45. The molecule has 1 aliphatic rings. The number of carbonyl (C=O) groups excluding carboxylic acids is 1. The monoisotopic (exact) mass is 335 g/mol. The van der Waals surface area contributed by atoms with E-state index >= 15 is 0 Å².